The molecule has 14 heavy (non-hydrogen) atoms. The first-order valence-corrected chi connectivity index (χ1v) is 5.19. The molecule has 1 aromatic heterocycles. The third-order valence-corrected chi connectivity index (χ3v) is 3.27. The van der Waals surface area contributed by atoms with E-state index in [0.717, 1.165) is 16.9 Å². The van der Waals surface area contributed by atoms with Gasteiger partial charge in [-0.1, -0.05) is 6.07 Å². The minimum absolute atomic E-state index is 0.878. The topological polar surface area (TPSA) is 18.5 Å². The number of thiophene rings is 1. The van der Waals surface area contributed by atoms with Crippen LogP contribution in [0.1, 0.15) is 4.88 Å². The highest BCUT2D eigenvalue weighted by molar-refractivity contribution is 7.19. The SMILES string of the molecule is COc1cccc2sc(C)c(OC)c12. The van der Waals surface area contributed by atoms with Gasteiger partial charge in [0.25, 0.3) is 0 Å². The molecule has 0 bridgehead atoms. The minimum Gasteiger partial charge on any atom is -0.496 e. The van der Waals surface area contributed by atoms with Crippen molar-refractivity contribution in [3.05, 3.63) is 23.1 Å². The Labute approximate surface area is 87.1 Å². The summed E-state index contributed by atoms with van der Waals surface area (Å²) >= 11 is 1.73. The van der Waals surface area contributed by atoms with Gasteiger partial charge in [0.1, 0.15) is 11.5 Å². The van der Waals surface area contributed by atoms with Crippen molar-refractivity contribution in [2.45, 2.75) is 6.92 Å². The summed E-state index contributed by atoms with van der Waals surface area (Å²) in [5, 5.41) is 1.08. The van der Waals surface area contributed by atoms with Crippen molar-refractivity contribution in [1.82, 2.24) is 0 Å². The van der Waals surface area contributed by atoms with E-state index in [1.807, 2.05) is 12.1 Å². The molecule has 1 heterocycles. The molecule has 0 aliphatic rings. The Morgan fingerprint density at radius 2 is 1.93 bits per heavy atom. The lowest BCUT2D eigenvalue weighted by Crippen LogP contribution is -1.86. The van der Waals surface area contributed by atoms with Gasteiger partial charge in [-0.2, -0.15) is 0 Å². The van der Waals surface area contributed by atoms with E-state index in [-0.39, 0.29) is 0 Å². The number of hydrogen-bond acceptors (Lipinski definition) is 3. The molecule has 0 unspecified atom stereocenters. The summed E-state index contributed by atoms with van der Waals surface area (Å²) in [4.78, 5) is 1.19. The van der Waals surface area contributed by atoms with Gasteiger partial charge < -0.3 is 9.47 Å². The molecule has 0 radical (unpaired) electrons. The van der Waals surface area contributed by atoms with E-state index in [2.05, 4.69) is 13.0 Å². The average Bonchev–Trinajstić information content (AvgIpc) is 2.52. The van der Waals surface area contributed by atoms with Gasteiger partial charge in [0.2, 0.25) is 0 Å². The minimum atomic E-state index is 0.878. The molecular formula is C11H12O2S. The summed E-state index contributed by atoms with van der Waals surface area (Å²) in [6, 6.07) is 6.03. The largest absolute Gasteiger partial charge is 0.496 e. The maximum atomic E-state index is 5.37. The normalized spacial score (nSPS) is 10.5. The Bertz CT molecular complexity index is 460. The smallest absolute Gasteiger partial charge is 0.144 e. The maximum absolute atomic E-state index is 5.37. The molecule has 0 atom stereocenters. The van der Waals surface area contributed by atoms with Crippen molar-refractivity contribution in [3.8, 4) is 11.5 Å². The Morgan fingerprint density at radius 3 is 2.57 bits per heavy atom. The van der Waals surface area contributed by atoms with Crippen molar-refractivity contribution < 1.29 is 9.47 Å². The molecule has 2 aromatic rings. The van der Waals surface area contributed by atoms with Crippen molar-refractivity contribution in [1.29, 1.82) is 0 Å². The Hall–Kier alpha value is -1.22. The van der Waals surface area contributed by atoms with Gasteiger partial charge in [-0.15, -0.1) is 11.3 Å². The van der Waals surface area contributed by atoms with Crippen LogP contribution in [0.15, 0.2) is 18.2 Å². The lowest BCUT2D eigenvalue weighted by molar-refractivity contribution is 0.405. The molecule has 2 rings (SSSR count). The van der Waals surface area contributed by atoms with E-state index < -0.39 is 0 Å². The van der Waals surface area contributed by atoms with E-state index in [1.165, 1.54) is 9.58 Å². The predicted molar refractivity (Wildman–Crippen MR) is 59.7 cm³/mol. The molecule has 0 spiro atoms. The van der Waals surface area contributed by atoms with E-state index in [9.17, 15) is 0 Å². The van der Waals surface area contributed by atoms with E-state index in [1.54, 1.807) is 25.6 Å². The number of hydrogen-bond donors (Lipinski definition) is 0. The molecule has 3 heteroatoms. The van der Waals surface area contributed by atoms with Gasteiger partial charge in [-0.25, -0.2) is 0 Å². The fraction of sp³-hybridized carbons (Fsp3) is 0.273. The Kier molecular flexibility index (Phi) is 2.33. The summed E-state index contributed by atoms with van der Waals surface area (Å²) in [5.41, 5.74) is 0. The van der Waals surface area contributed by atoms with Gasteiger partial charge in [-0.3, -0.25) is 0 Å². The fourth-order valence-corrected chi connectivity index (χ4v) is 2.67. The number of aryl methyl sites for hydroxylation is 1. The number of benzene rings is 1. The summed E-state index contributed by atoms with van der Waals surface area (Å²) in [6.07, 6.45) is 0. The van der Waals surface area contributed by atoms with E-state index in [4.69, 9.17) is 9.47 Å². The molecular weight excluding hydrogens is 196 g/mol. The number of rotatable bonds is 2. The highest BCUT2D eigenvalue weighted by Gasteiger charge is 2.13. The summed E-state index contributed by atoms with van der Waals surface area (Å²) < 4.78 is 11.9. The van der Waals surface area contributed by atoms with Crippen molar-refractivity contribution in [2.24, 2.45) is 0 Å². The van der Waals surface area contributed by atoms with Crippen molar-refractivity contribution in [3.63, 3.8) is 0 Å². The zero-order chi connectivity index (χ0) is 10.1. The van der Waals surface area contributed by atoms with Crippen molar-refractivity contribution >= 4 is 21.4 Å². The lowest BCUT2D eigenvalue weighted by Gasteiger charge is -2.04. The summed E-state index contributed by atoms with van der Waals surface area (Å²) in [6.45, 7) is 2.06. The van der Waals surface area contributed by atoms with Gasteiger partial charge in [0.05, 0.1) is 19.6 Å². The average molecular weight is 208 g/mol. The highest BCUT2D eigenvalue weighted by atomic mass is 32.1. The monoisotopic (exact) mass is 208 g/mol. The second kappa shape index (κ2) is 3.50. The van der Waals surface area contributed by atoms with Crippen LogP contribution >= 0.6 is 11.3 Å². The standard InChI is InChI=1S/C11H12O2S/c1-7-11(13-3)10-8(12-2)5-4-6-9(10)14-7/h4-6H,1-3H3. The molecule has 0 saturated carbocycles. The Morgan fingerprint density at radius 1 is 1.14 bits per heavy atom. The van der Waals surface area contributed by atoms with Crippen LogP contribution < -0.4 is 9.47 Å². The first-order chi connectivity index (χ1) is 6.77. The molecule has 2 nitrogen and oxygen atoms in total. The first kappa shape index (κ1) is 9.34. The second-order valence-electron chi connectivity index (χ2n) is 3.02. The predicted octanol–water partition coefficient (Wildman–Crippen LogP) is 3.23. The zero-order valence-corrected chi connectivity index (χ0v) is 9.27. The molecule has 74 valence electrons. The van der Waals surface area contributed by atoms with E-state index in [0.29, 0.717) is 0 Å². The summed E-state index contributed by atoms with van der Waals surface area (Å²) in [7, 11) is 3.38. The lowest BCUT2D eigenvalue weighted by atomic mass is 10.2. The van der Waals surface area contributed by atoms with Crippen LogP contribution in [0.25, 0.3) is 10.1 Å². The molecule has 0 fully saturated rings. The summed E-state index contributed by atoms with van der Waals surface area (Å²) in [5.74, 6) is 1.81. The van der Waals surface area contributed by atoms with Gasteiger partial charge in [0, 0.05) is 9.58 Å². The van der Waals surface area contributed by atoms with E-state index >= 15 is 0 Å². The molecule has 0 saturated heterocycles. The van der Waals surface area contributed by atoms with Crippen LogP contribution in [0.3, 0.4) is 0 Å². The van der Waals surface area contributed by atoms with Crippen LogP contribution in [-0.4, -0.2) is 14.2 Å². The van der Waals surface area contributed by atoms with Crippen LogP contribution in [0.2, 0.25) is 0 Å². The third-order valence-electron chi connectivity index (χ3n) is 2.22. The van der Waals surface area contributed by atoms with Gasteiger partial charge >= 0.3 is 0 Å². The van der Waals surface area contributed by atoms with Crippen LogP contribution in [0.5, 0.6) is 11.5 Å². The van der Waals surface area contributed by atoms with Gasteiger partial charge in [0.15, 0.2) is 0 Å². The quantitative estimate of drug-likeness (QED) is 0.754. The van der Waals surface area contributed by atoms with Crippen LogP contribution in [0.4, 0.5) is 0 Å². The van der Waals surface area contributed by atoms with Crippen LogP contribution in [0, 0.1) is 6.92 Å². The maximum Gasteiger partial charge on any atom is 0.144 e. The third kappa shape index (κ3) is 1.24. The molecule has 0 amide bonds. The fourth-order valence-electron chi connectivity index (χ4n) is 1.62. The molecule has 0 aliphatic carbocycles. The second-order valence-corrected chi connectivity index (χ2v) is 4.28. The number of fused-ring (bicyclic) bond motifs is 1. The zero-order valence-electron chi connectivity index (χ0n) is 8.46. The highest BCUT2D eigenvalue weighted by Crippen LogP contribution is 2.41. The number of ether oxygens (including phenoxy) is 2. The molecule has 1 aromatic carbocycles. The van der Waals surface area contributed by atoms with Gasteiger partial charge in [-0.05, 0) is 19.1 Å². The Balaban J connectivity index is 2.82. The molecule has 0 aliphatic heterocycles. The number of methoxy groups -OCH3 is 2. The first-order valence-electron chi connectivity index (χ1n) is 4.38. The van der Waals surface area contributed by atoms with Crippen LogP contribution in [-0.2, 0) is 0 Å². The molecule has 0 N–H and O–H groups in total. The van der Waals surface area contributed by atoms with Crippen molar-refractivity contribution in [2.75, 3.05) is 14.2 Å².